The second kappa shape index (κ2) is 6.21. The van der Waals surface area contributed by atoms with Crippen LogP contribution in [-0.4, -0.2) is 11.5 Å². The van der Waals surface area contributed by atoms with Gasteiger partial charge in [0.15, 0.2) is 5.78 Å². The van der Waals surface area contributed by atoms with E-state index in [1.54, 1.807) is 11.8 Å². The minimum atomic E-state index is 0.147. The number of benzene rings is 2. The van der Waals surface area contributed by atoms with Crippen LogP contribution in [0.4, 0.5) is 0 Å². The molecule has 0 radical (unpaired) electrons. The molecule has 2 rings (SSSR count). The smallest absolute Gasteiger partial charge is 0.174 e. The fourth-order valence-electron chi connectivity index (χ4n) is 1.62. The molecule has 0 aromatic heterocycles. The van der Waals surface area contributed by atoms with Crippen LogP contribution in [0.1, 0.15) is 15.9 Å². The van der Waals surface area contributed by atoms with Gasteiger partial charge in [-0.1, -0.05) is 51.8 Å². The average molecular weight is 321 g/mol. The van der Waals surface area contributed by atoms with Gasteiger partial charge in [0.2, 0.25) is 0 Å². The molecule has 3 heteroatoms. The first-order valence-electron chi connectivity index (χ1n) is 5.64. The maximum Gasteiger partial charge on any atom is 0.174 e. The predicted octanol–water partition coefficient (Wildman–Crippen LogP) is 4.73. The van der Waals surface area contributed by atoms with E-state index in [4.69, 9.17) is 0 Å². The molecule has 0 fully saturated rings. The largest absolute Gasteiger partial charge is 0.293 e. The zero-order valence-electron chi connectivity index (χ0n) is 10.0. The van der Waals surface area contributed by atoms with E-state index < -0.39 is 0 Å². The molecule has 0 heterocycles. The van der Waals surface area contributed by atoms with Crippen molar-refractivity contribution in [1.82, 2.24) is 0 Å². The lowest BCUT2D eigenvalue weighted by atomic mass is 10.1. The molecule has 0 atom stereocenters. The van der Waals surface area contributed by atoms with Crippen LogP contribution < -0.4 is 0 Å². The van der Waals surface area contributed by atoms with Gasteiger partial charge in [0, 0.05) is 14.9 Å². The van der Waals surface area contributed by atoms with Crippen molar-refractivity contribution < 1.29 is 4.79 Å². The highest BCUT2D eigenvalue weighted by molar-refractivity contribution is 9.10. The third-order valence-electron chi connectivity index (χ3n) is 2.53. The highest BCUT2D eigenvalue weighted by Gasteiger charge is 2.09. The lowest BCUT2D eigenvalue weighted by Gasteiger charge is -2.04. The van der Waals surface area contributed by atoms with Crippen LogP contribution in [0.2, 0.25) is 0 Å². The molecular formula is C15H13BrOS. The number of carbonyl (C=O) groups excluding carboxylic acids is 1. The summed E-state index contributed by atoms with van der Waals surface area (Å²) in [5.41, 5.74) is 1.96. The molecule has 1 nitrogen and oxygen atoms in total. The molecule has 0 aliphatic rings. The molecule has 92 valence electrons. The summed E-state index contributed by atoms with van der Waals surface area (Å²) >= 11 is 4.98. The van der Waals surface area contributed by atoms with Crippen molar-refractivity contribution in [3.05, 3.63) is 64.1 Å². The summed E-state index contributed by atoms with van der Waals surface area (Å²) in [4.78, 5) is 13.2. The molecule has 0 aliphatic heterocycles. The quantitative estimate of drug-likeness (QED) is 0.598. The minimum Gasteiger partial charge on any atom is -0.293 e. The van der Waals surface area contributed by atoms with Gasteiger partial charge in [0.25, 0.3) is 0 Å². The van der Waals surface area contributed by atoms with E-state index in [9.17, 15) is 4.79 Å². The number of hydrogen-bond donors (Lipinski definition) is 0. The first-order valence-corrected chi connectivity index (χ1v) is 7.42. The maximum atomic E-state index is 12.1. The standard InChI is InChI=1S/C15H13BrOS/c1-11-5-4-6-12(9-11)18-10-15(17)13-7-2-3-8-14(13)16/h2-9H,10H2,1H3. The maximum absolute atomic E-state index is 12.1. The zero-order valence-corrected chi connectivity index (χ0v) is 12.4. The lowest BCUT2D eigenvalue weighted by molar-refractivity contribution is 0.102. The van der Waals surface area contributed by atoms with Gasteiger partial charge >= 0.3 is 0 Å². The van der Waals surface area contributed by atoms with Crippen LogP contribution in [-0.2, 0) is 0 Å². The van der Waals surface area contributed by atoms with Crippen molar-refractivity contribution in [2.24, 2.45) is 0 Å². The van der Waals surface area contributed by atoms with Crippen LogP contribution in [0.3, 0.4) is 0 Å². The van der Waals surface area contributed by atoms with Crippen LogP contribution in [0, 0.1) is 6.92 Å². The number of Topliss-reactive ketones (excluding diaryl/α,β-unsaturated/α-hetero) is 1. The topological polar surface area (TPSA) is 17.1 Å². The summed E-state index contributed by atoms with van der Waals surface area (Å²) in [6, 6.07) is 15.7. The summed E-state index contributed by atoms with van der Waals surface area (Å²) in [5.74, 6) is 0.612. The van der Waals surface area contributed by atoms with E-state index in [0.29, 0.717) is 5.75 Å². The van der Waals surface area contributed by atoms with Gasteiger partial charge in [-0.25, -0.2) is 0 Å². The Labute approximate surface area is 120 Å². The van der Waals surface area contributed by atoms with Crippen molar-refractivity contribution >= 4 is 33.5 Å². The Kier molecular flexibility index (Phi) is 4.61. The molecule has 2 aromatic carbocycles. The van der Waals surface area contributed by atoms with Crippen LogP contribution >= 0.6 is 27.7 Å². The van der Waals surface area contributed by atoms with Gasteiger partial charge in [-0.05, 0) is 25.1 Å². The third kappa shape index (κ3) is 3.47. The molecule has 0 saturated carbocycles. The monoisotopic (exact) mass is 320 g/mol. The van der Waals surface area contributed by atoms with Crippen molar-refractivity contribution in [2.45, 2.75) is 11.8 Å². The SMILES string of the molecule is Cc1cccc(SCC(=O)c2ccccc2Br)c1. The Morgan fingerprint density at radius 2 is 1.94 bits per heavy atom. The molecule has 2 aromatic rings. The van der Waals surface area contributed by atoms with E-state index in [-0.39, 0.29) is 5.78 Å². The average Bonchev–Trinajstić information content (AvgIpc) is 2.37. The summed E-state index contributed by atoms with van der Waals surface area (Å²) < 4.78 is 0.861. The van der Waals surface area contributed by atoms with Gasteiger partial charge in [0.05, 0.1) is 5.75 Å². The first kappa shape index (κ1) is 13.4. The van der Waals surface area contributed by atoms with Crippen molar-refractivity contribution in [1.29, 1.82) is 0 Å². The fraction of sp³-hybridized carbons (Fsp3) is 0.133. The Hall–Kier alpha value is -1.06. The van der Waals surface area contributed by atoms with Gasteiger partial charge < -0.3 is 0 Å². The van der Waals surface area contributed by atoms with E-state index in [2.05, 4.69) is 35.0 Å². The number of hydrogen-bond acceptors (Lipinski definition) is 2. The van der Waals surface area contributed by atoms with Crippen LogP contribution in [0.25, 0.3) is 0 Å². The number of halogens is 1. The van der Waals surface area contributed by atoms with Gasteiger partial charge in [0.1, 0.15) is 0 Å². The Bertz CT molecular complexity index is 566. The molecule has 18 heavy (non-hydrogen) atoms. The second-order valence-corrected chi connectivity index (χ2v) is 5.91. The number of carbonyl (C=O) groups is 1. The van der Waals surface area contributed by atoms with Crippen LogP contribution in [0.5, 0.6) is 0 Å². The van der Waals surface area contributed by atoms with E-state index in [0.717, 1.165) is 14.9 Å². The van der Waals surface area contributed by atoms with Gasteiger partial charge in [-0.2, -0.15) is 0 Å². The number of aryl methyl sites for hydroxylation is 1. The highest BCUT2D eigenvalue weighted by Crippen LogP contribution is 2.22. The van der Waals surface area contributed by atoms with Gasteiger partial charge in [-0.3, -0.25) is 4.79 Å². The Morgan fingerprint density at radius 1 is 1.17 bits per heavy atom. The number of thioether (sulfide) groups is 1. The third-order valence-corrected chi connectivity index (χ3v) is 4.22. The zero-order chi connectivity index (χ0) is 13.0. The molecule has 0 unspecified atom stereocenters. The van der Waals surface area contributed by atoms with Crippen molar-refractivity contribution in [3.63, 3.8) is 0 Å². The molecule has 0 amide bonds. The summed E-state index contributed by atoms with van der Waals surface area (Å²) in [6.07, 6.45) is 0. The molecule has 0 aliphatic carbocycles. The predicted molar refractivity (Wildman–Crippen MR) is 80.4 cm³/mol. The molecular weight excluding hydrogens is 308 g/mol. The van der Waals surface area contributed by atoms with Gasteiger partial charge in [-0.15, -0.1) is 11.8 Å². The van der Waals surface area contributed by atoms with E-state index >= 15 is 0 Å². The second-order valence-electron chi connectivity index (χ2n) is 4.01. The molecule has 0 N–H and O–H groups in total. The lowest BCUT2D eigenvalue weighted by Crippen LogP contribution is -2.03. The molecule has 0 bridgehead atoms. The van der Waals surface area contributed by atoms with Crippen molar-refractivity contribution in [3.8, 4) is 0 Å². The summed E-state index contributed by atoms with van der Waals surface area (Å²) in [5, 5.41) is 0. The van der Waals surface area contributed by atoms with Crippen molar-refractivity contribution in [2.75, 3.05) is 5.75 Å². The Morgan fingerprint density at radius 3 is 2.67 bits per heavy atom. The minimum absolute atomic E-state index is 0.147. The summed E-state index contributed by atoms with van der Waals surface area (Å²) in [7, 11) is 0. The fourth-order valence-corrected chi connectivity index (χ4v) is 3.02. The number of rotatable bonds is 4. The first-order chi connectivity index (χ1) is 8.66. The van der Waals surface area contributed by atoms with E-state index in [1.165, 1.54) is 5.56 Å². The van der Waals surface area contributed by atoms with Crippen LogP contribution in [0.15, 0.2) is 57.9 Å². The summed E-state index contributed by atoms with van der Waals surface area (Å²) in [6.45, 7) is 2.06. The van der Waals surface area contributed by atoms with E-state index in [1.807, 2.05) is 36.4 Å². The highest BCUT2D eigenvalue weighted by atomic mass is 79.9. The molecule has 0 saturated heterocycles. The molecule has 0 spiro atoms. The number of ketones is 1. The Balaban J connectivity index is 2.03. The normalized spacial score (nSPS) is 10.3.